The summed E-state index contributed by atoms with van der Waals surface area (Å²) in [7, 11) is 1.65. The predicted octanol–water partition coefficient (Wildman–Crippen LogP) is 2.43. The first-order chi connectivity index (χ1) is 11.2. The fourth-order valence-electron chi connectivity index (χ4n) is 2.29. The largest absolute Gasteiger partial charge is 0.427 e. The van der Waals surface area contributed by atoms with E-state index in [1.807, 2.05) is 32.0 Å². The van der Waals surface area contributed by atoms with Crippen molar-refractivity contribution in [2.45, 2.75) is 64.4 Å². The zero-order valence-electron chi connectivity index (χ0n) is 15.1. The minimum absolute atomic E-state index is 0.0126. The van der Waals surface area contributed by atoms with Crippen molar-refractivity contribution in [3.05, 3.63) is 23.8 Å². The van der Waals surface area contributed by atoms with Crippen molar-refractivity contribution in [1.82, 2.24) is 0 Å². The highest BCUT2D eigenvalue weighted by atomic mass is 16.5. The summed E-state index contributed by atoms with van der Waals surface area (Å²) in [4.78, 5) is 0. The Bertz CT molecular complexity index is 564. The minimum Gasteiger partial charge on any atom is -0.427 e. The normalized spacial score (nSPS) is 19.0. The second-order valence-electron chi connectivity index (χ2n) is 7.30. The molecule has 5 nitrogen and oxygen atoms in total. The third-order valence-electron chi connectivity index (χ3n) is 4.69. The standard InChI is InChI=1S/C18H28BN2O3/c1-17(2,22)18(3,4)24-19-14-9-8-13(12-20)15(11-14)21-16-7-5-6-10-23-16/h8-9,11-12,16,20-22H,5-7,10H2,1-4H3. The van der Waals surface area contributed by atoms with Gasteiger partial charge in [-0.15, -0.1) is 0 Å². The van der Waals surface area contributed by atoms with Gasteiger partial charge in [-0.2, -0.15) is 0 Å². The number of rotatable bonds is 7. The van der Waals surface area contributed by atoms with Gasteiger partial charge < -0.3 is 25.2 Å². The molecule has 0 saturated carbocycles. The maximum absolute atomic E-state index is 10.2. The molecule has 0 amide bonds. The fraction of sp³-hybridized carbons (Fsp3) is 0.611. The van der Waals surface area contributed by atoms with Crippen molar-refractivity contribution in [3.63, 3.8) is 0 Å². The summed E-state index contributed by atoms with van der Waals surface area (Å²) in [5.41, 5.74) is 0.859. The van der Waals surface area contributed by atoms with Gasteiger partial charge in [0.25, 0.3) is 0 Å². The first-order valence-corrected chi connectivity index (χ1v) is 8.49. The van der Waals surface area contributed by atoms with Crippen LogP contribution in [0.4, 0.5) is 5.69 Å². The molecule has 0 aliphatic carbocycles. The van der Waals surface area contributed by atoms with Crippen LogP contribution in [0.3, 0.4) is 0 Å². The van der Waals surface area contributed by atoms with E-state index in [1.54, 1.807) is 21.3 Å². The number of aliphatic hydroxyl groups is 1. The van der Waals surface area contributed by atoms with Crippen LogP contribution in [0.15, 0.2) is 18.2 Å². The fourth-order valence-corrected chi connectivity index (χ4v) is 2.29. The summed E-state index contributed by atoms with van der Waals surface area (Å²) in [6.07, 6.45) is 4.53. The van der Waals surface area contributed by atoms with E-state index in [0.29, 0.717) is 0 Å². The molecule has 131 valence electrons. The molecule has 1 aliphatic rings. The van der Waals surface area contributed by atoms with Crippen LogP contribution < -0.4 is 10.8 Å². The van der Waals surface area contributed by atoms with E-state index >= 15 is 0 Å². The molecule has 1 aromatic carbocycles. The van der Waals surface area contributed by atoms with Crippen LogP contribution in [0.25, 0.3) is 0 Å². The molecule has 1 heterocycles. The van der Waals surface area contributed by atoms with Crippen LogP contribution in [0.1, 0.15) is 52.5 Å². The third kappa shape index (κ3) is 4.82. The van der Waals surface area contributed by atoms with Crippen molar-refractivity contribution in [1.29, 1.82) is 5.41 Å². The predicted molar refractivity (Wildman–Crippen MR) is 98.4 cm³/mol. The summed E-state index contributed by atoms with van der Waals surface area (Å²) < 4.78 is 11.5. The quantitative estimate of drug-likeness (QED) is 0.530. The lowest BCUT2D eigenvalue weighted by molar-refractivity contribution is -0.0893. The molecule has 1 aromatic rings. The van der Waals surface area contributed by atoms with Crippen molar-refractivity contribution in [3.8, 4) is 0 Å². The van der Waals surface area contributed by atoms with Crippen LogP contribution in [-0.2, 0) is 9.39 Å². The number of benzene rings is 1. The Hall–Kier alpha value is -1.37. The average Bonchev–Trinajstić information content (AvgIpc) is 2.53. The summed E-state index contributed by atoms with van der Waals surface area (Å²) in [6.45, 7) is 7.93. The lowest BCUT2D eigenvalue weighted by atomic mass is 9.82. The van der Waals surface area contributed by atoms with Gasteiger partial charge in [0.1, 0.15) is 6.23 Å². The zero-order valence-corrected chi connectivity index (χ0v) is 15.1. The molecule has 1 fully saturated rings. The molecule has 0 bridgehead atoms. The van der Waals surface area contributed by atoms with Gasteiger partial charge in [0.15, 0.2) is 0 Å². The maximum atomic E-state index is 10.2. The third-order valence-corrected chi connectivity index (χ3v) is 4.69. The van der Waals surface area contributed by atoms with Gasteiger partial charge >= 0.3 is 7.48 Å². The second-order valence-corrected chi connectivity index (χ2v) is 7.30. The van der Waals surface area contributed by atoms with E-state index in [9.17, 15) is 5.11 Å². The number of nitrogens with one attached hydrogen (secondary N) is 2. The number of hydrogen-bond donors (Lipinski definition) is 3. The van der Waals surface area contributed by atoms with Crippen LogP contribution in [0.2, 0.25) is 0 Å². The van der Waals surface area contributed by atoms with Gasteiger partial charge in [-0.3, -0.25) is 0 Å². The zero-order chi connectivity index (χ0) is 17.8. The Morgan fingerprint density at radius 1 is 1.33 bits per heavy atom. The van der Waals surface area contributed by atoms with E-state index in [2.05, 4.69) is 5.32 Å². The summed E-state index contributed by atoms with van der Waals surface area (Å²) >= 11 is 0. The number of anilines is 1. The Morgan fingerprint density at radius 3 is 2.67 bits per heavy atom. The Kier molecular flexibility index (Phi) is 6.07. The summed E-state index contributed by atoms with van der Waals surface area (Å²) in [5, 5.41) is 21.1. The van der Waals surface area contributed by atoms with E-state index in [0.717, 1.165) is 42.6 Å². The Balaban J connectivity index is 2.08. The van der Waals surface area contributed by atoms with Crippen LogP contribution in [0.5, 0.6) is 0 Å². The number of hydrogen-bond acceptors (Lipinski definition) is 5. The van der Waals surface area contributed by atoms with Gasteiger partial charge in [0.2, 0.25) is 0 Å². The molecule has 1 atom stereocenters. The van der Waals surface area contributed by atoms with Crippen molar-refractivity contribution >= 4 is 24.8 Å². The molecule has 1 saturated heterocycles. The Labute approximate surface area is 145 Å². The first-order valence-electron chi connectivity index (χ1n) is 8.49. The number of ether oxygens (including phenoxy) is 1. The van der Waals surface area contributed by atoms with Crippen molar-refractivity contribution in [2.75, 3.05) is 11.9 Å². The molecule has 6 heteroatoms. The molecule has 1 aliphatic heterocycles. The van der Waals surface area contributed by atoms with Crippen LogP contribution in [-0.4, -0.2) is 42.8 Å². The topological polar surface area (TPSA) is 74.6 Å². The molecular formula is C18H28BN2O3. The molecule has 0 aromatic heterocycles. The van der Waals surface area contributed by atoms with Gasteiger partial charge in [0.05, 0.1) is 11.2 Å². The minimum atomic E-state index is -0.963. The van der Waals surface area contributed by atoms with E-state index in [-0.39, 0.29) is 6.23 Å². The highest BCUT2D eigenvalue weighted by molar-refractivity contribution is 6.47. The molecular weight excluding hydrogens is 303 g/mol. The lowest BCUT2D eigenvalue weighted by Gasteiger charge is -2.37. The van der Waals surface area contributed by atoms with E-state index in [1.165, 1.54) is 6.21 Å². The van der Waals surface area contributed by atoms with Gasteiger partial charge in [-0.25, -0.2) is 0 Å². The van der Waals surface area contributed by atoms with Gasteiger partial charge in [0, 0.05) is 24.1 Å². The van der Waals surface area contributed by atoms with Crippen LogP contribution in [0, 0.1) is 5.41 Å². The highest BCUT2D eigenvalue weighted by Gasteiger charge is 2.35. The van der Waals surface area contributed by atoms with Crippen molar-refractivity contribution in [2.24, 2.45) is 0 Å². The molecule has 24 heavy (non-hydrogen) atoms. The van der Waals surface area contributed by atoms with Crippen molar-refractivity contribution < 1.29 is 14.5 Å². The lowest BCUT2D eigenvalue weighted by Crippen LogP contribution is -2.49. The molecule has 1 radical (unpaired) electrons. The monoisotopic (exact) mass is 331 g/mol. The second kappa shape index (κ2) is 7.68. The molecule has 2 rings (SSSR count). The van der Waals surface area contributed by atoms with Gasteiger partial charge in [-0.05, 0) is 53.0 Å². The van der Waals surface area contributed by atoms with E-state index in [4.69, 9.17) is 14.8 Å². The van der Waals surface area contributed by atoms with Gasteiger partial charge in [-0.1, -0.05) is 17.6 Å². The van der Waals surface area contributed by atoms with E-state index < -0.39 is 11.2 Å². The first kappa shape index (κ1) is 19.0. The SMILES string of the molecule is CC(C)(O)C(C)(C)O[B]c1ccc(C=N)c(NC2CCCCO2)c1. The highest BCUT2D eigenvalue weighted by Crippen LogP contribution is 2.24. The maximum Gasteiger partial charge on any atom is 0.330 e. The Morgan fingerprint density at radius 2 is 2.08 bits per heavy atom. The average molecular weight is 331 g/mol. The molecule has 1 unspecified atom stereocenters. The van der Waals surface area contributed by atoms with Crippen LogP contribution >= 0.6 is 0 Å². The summed E-state index contributed by atoms with van der Waals surface area (Å²) in [5.74, 6) is 0. The smallest absolute Gasteiger partial charge is 0.330 e. The molecule has 0 spiro atoms. The summed E-state index contributed by atoms with van der Waals surface area (Å²) in [6, 6.07) is 5.72. The molecule has 3 N–H and O–H groups in total.